The molecular formula is C17H21N3O2. The molecule has 2 heterocycles. The Bertz CT molecular complexity index is 666. The van der Waals surface area contributed by atoms with Gasteiger partial charge in [0.15, 0.2) is 5.76 Å². The van der Waals surface area contributed by atoms with Gasteiger partial charge in [-0.25, -0.2) is 4.79 Å². The second-order valence-electron chi connectivity index (χ2n) is 5.83. The lowest BCUT2D eigenvalue weighted by Crippen LogP contribution is -2.53. The second-order valence-corrected chi connectivity index (χ2v) is 5.83. The average molecular weight is 299 g/mol. The summed E-state index contributed by atoms with van der Waals surface area (Å²) in [5.74, 6) is 1.11. The van der Waals surface area contributed by atoms with Crippen molar-refractivity contribution in [3.05, 3.63) is 47.3 Å². The first-order valence-corrected chi connectivity index (χ1v) is 7.69. The molecule has 116 valence electrons. The first kappa shape index (κ1) is 14.6. The van der Waals surface area contributed by atoms with Crippen molar-refractivity contribution in [3.8, 4) is 0 Å². The quantitative estimate of drug-likeness (QED) is 0.938. The van der Waals surface area contributed by atoms with Crippen molar-refractivity contribution in [1.29, 1.82) is 0 Å². The molecule has 1 aromatic heterocycles. The number of rotatable bonds is 3. The Kier molecular flexibility index (Phi) is 3.88. The summed E-state index contributed by atoms with van der Waals surface area (Å²) in [5.41, 5.74) is 2.67. The minimum atomic E-state index is -0.0899. The predicted octanol–water partition coefficient (Wildman–Crippen LogP) is 3.77. The molecular weight excluding hydrogens is 278 g/mol. The van der Waals surface area contributed by atoms with Crippen LogP contribution in [0, 0.1) is 12.8 Å². The maximum Gasteiger partial charge on any atom is 0.322 e. The number of benzene rings is 1. The number of hydrogen-bond acceptors (Lipinski definition) is 3. The molecule has 2 amide bonds. The van der Waals surface area contributed by atoms with Gasteiger partial charge in [0, 0.05) is 6.54 Å². The van der Waals surface area contributed by atoms with E-state index in [0.29, 0.717) is 17.4 Å². The van der Waals surface area contributed by atoms with Crippen molar-refractivity contribution in [2.45, 2.75) is 33.2 Å². The number of amides is 2. The summed E-state index contributed by atoms with van der Waals surface area (Å²) in [7, 11) is 0. The van der Waals surface area contributed by atoms with Crippen LogP contribution in [0.15, 0.2) is 34.9 Å². The van der Waals surface area contributed by atoms with E-state index >= 15 is 0 Å². The zero-order chi connectivity index (χ0) is 15.7. The Labute approximate surface area is 130 Å². The molecule has 2 atom stereocenters. The fourth-order valence-electron chi connectivity index (χ4n) is 3.06. The summed E-state index contributed by atoms with van der Waals surface area (Å²) in [6, 6.07) is 10.2. The first-order chi connectivity index (χ1) is 10.6. The SMILES string of the molecule is CCc1noc(C)c1NC(=O)N1C[C@@H](C)[C@H]1c1ccccc1. The topological polar surface area (TPSA) is 58.4 Å². The van der Waals surface area contributed by atoms with E-state index in [2.05, 4.69) is 29.5 Å². The molecule has 1 fully saturated rings. The van der Waals surface area contributed by atoms with Gasteiger partial charge in [-0.15, -0.1) is 0 Å². The van der Waals surface area contributed by atoms with E-state index in [1.54, 1.807) is 0 Å². The summed E-state index contributed by atoms with van der Waals surface area (Å²) in [6.07, 6.45) is 0.728. The van der Waals surface area contributed by atoms with Gasteiger partial charge in [-0.2, -0.15) is 0 Å². The zero-order valence-electron chi connectivity index (χ0n) is 13.2. The maximum absolute atomic E-state index is 12.6. The number of nitrogens with zero attached hydrogens (tertiary/aromatic N) is 2. The van der Waals surface area contributed by atoms with Gasteiger partial charge < -0.3 is 14.7 Å². The molecule has 1 N–H and O–H groups in total. The summed E-state index contributed by atoms with van der Waals surface area (Å²) >= 11 is 0. The van der Waals surface area contributed by atoms with E-state index in [4.69, 9.17) is 4.52 Å². The molecule has 0 radical (unpaired) electrons. The fourth-order valence-corrected chi connectivity index (χ4v) is 3.06. The summed E-state index contributed by atoms with van der Waals surface area (Å²) in [4.78, 5) is 14.5. The Balaban J connectivity index is 1.77. The lowest BCUT2D eigenvalue weighted by Gasteiger charge is -2.46. The van der Waals surface area contributed by atoms with Crippen LogP contribution in [-0.4, -0.2) is 22.6 Å². The number of aryl methyl sites for hydroxylation is 2. The maximum atomic E-state index is 12.6. The highest BCUT2D eigenvalue weighted by molar-refractivity contribution is 5.91. The number of nitrogens with one attached hydrogen (secondary N) is 1. The van der Waals surface area contributed by atoms with Gasteiger partial charge >= 0.3 is 6.03 Å². The predicted molar refractivity (Wildman–Crippen MR) is 84.7 cm³/mol. The molecule has 0 spiro atoms. The van der Waals surface area contributed by atoms with Crippen LogP contribution in [0.1, 0.15) is 36.9 Å². The highest BCUT2D eigenvalue weighted by Gasteiger charge is 2.40. The smallest absolute Gasteiger partial charge is 0.322 e. The standard InChI is InChI=1S/C17H21N3O2/c1-4-14-15(12(3)22-19-14)18-17(21)20-10-11(2)16(20)13-8-6-5-7-9-13/h5-9,11,16H,4,10H2,1-3H3,(H,18,21)/t11-,16+/m1/s1. The molecule has 0 saturated carbocycles. The molecule has 0 aliphatic carbocycles. The van der Waals surface area contributed by atoms with Gasteiger partial charge in [-0.3, -0.25) is 0 Å². The third-order valence-electron chi connectivity index (χ3n) is 4.26. The Morgan fingerprint density at radius 3 is 2.77 bits per heavy atom. The molecule has 22 heavy (non-hydrogen) atoms. The number of likely N-dealkylation sites (tertiary alicyclic amines) is 1. The number of aromatic nitrogens is 1. The van der Waals surface area contributed by atoms with Crippen molar-refractivity contribution < 1.29 is 9.32 Å². The van der Waals surface area contributed by atoms with Gasteiger partial charge in [0.2, 0.25) is 0 Å². The number of carbonyl (C=O) groups excluding carboxylic acids is 1. The molecule has 5 nitrogen and oxygen atoms in total. The molecule has 3 rings (SSSR count). The number of carbonyl (C=O) groups is 1. The van der Waals surface area contributed by atoms with E-state index in [1.807, 2.05) is 36.9 Å². The van der Waals surface area contributed by atoms with Crippen LogP contribution >= 0.6 is 0 Å². The fraction of sp³-hybridized carbons (Fsp3) is 0.412. The third kappa shape index (κ3) is 2.47. The van der Waals surface area contributed by atoms with E-state index < -0.39 is 0 Å². The van der Waals surface area contributed by atoms with Crippen molar-refractivity contribution in [2.75, 3.05) is 11.9 Å². The van der Waals surface area contributed by atoms with Gasteiger partial charge in [0.25, 0.3) is 0 Å². The summed E-state index contributed by atoms with van der Waals surface area (Å²) < 4.78 is 5.17. The molecule has 0 bridgehead atoms. The molecule has 1 aromatic carbocycles. The average Bonchev–Trinajstić information content (AvgIpc) is 2.86. The molecule has 2 aromatic rings. The molecule has 1 aliphatic heterocycles. The number of urea groups is 1. The first-order valence-electron chi connectivity index (χ1n) is 7.69. The highest BCUT2D eigenvalue weighted by atomic mass is 16.5. The zero-order valence-corrected chi connectivity index (χ0v) is 13.2. The lowest BCUT2D eigenvalue weighted by atomic mass is 9.85. The largest absolute Gasteiger partial charge is 0.359 e. The Hall–Kier alpha value is -2.30. The lowest BCUT2D eigenvalue weighted by molar-refractivity contribution is 0.0670. The second kappa shape index (κ2) is 5.83. The molecule has 1 saturated heterocycles. The highest BCUT2D eigenvalue weighted by Crippen LogP contribution is 2.38. The third-order valence-corrected chi connectivity index (χ3v) is 4.26. The number of hydrogen-bond donors (Lipinski definition) is 1. The molecule has 1 aliphatic rings. The van der Waals surface area contributed by atoms with Crippen LogP contribution in [0.5, 0.6) is 0 Å². The van der Waals surface area contributed by atoms with Crippen LogP contribution in [0.2, 0.25) is 0 Å². The summed E-state index contributed by atoms with van der Waals surface area (Å²) in [6.45, 7) is 6.74. The van der Waals surface area contributed by atoms with E-state index in [9.17, 15) is 4.79 Å². The number of anilines is 1. The molecule has 5 heteroatoms. The minimum Gasteiger partial charge on any atom is -0.359 e. The van der Waals surface area contributed by atoms with Crippen LogP contribution in [-0.2, 0) is 6.42 Å². The monoisotopic (exact) mass is 299 g/mol. The van der Waals surface area contributed by atoms with Gasteiger partial charge in [0.05, 0.1) is 6.04 Å². The van der Waals surface area contributed by atoms with Crippen molar-refractivity contribution >= 4 is 11.7 Å². The molecule has 0 unspecified atom stereocenters. The van der Waals surface area contributed by atoms with Crippen LogP contribution in [0.25, 0.3) is 0 Å². The van der Waals surface area contributed by atoms with E-state index in [0.717, 1.165) is 18.7 Å². The van der Waals surface area contributed by atoms with Crippen LogP contribution in [0.4, 0.5) is 10.5 Å². The normalized spacial score (nSPS) is 20.6. The Morgan fingerprint density at radius 2 is 2.14 bits per heavy atom. The summed E-state index contributed by atoms with van der Waals surface area (Å²) in [5, 5.41) is 6.94. The minimum absolute atomic E-state index is 0.0899. The van der Waals surface area contributed by atoms with Crippen molar-refractivity contribution in [1.82, 2.24) is 10.1 Å². The van der Waals surface area contributed by atoms with Crippen LogP contribution < -0.4 is 5.32 Å². The van der Waals surface area contributed by atoms with Crippen LogP contribution in [0.3, 0.4) is 0 Å². The van der Waals surface area contributed by atoms with E-state index in [1.165, 1.54) is 5.56 Å². The Morgan fingerprint density at radius 1 is 1.41 bits per heavy atom. The van der Waals surface area contributed by atoms with Crippen molar-refractivity contribution in [3.63, 3.8) is 0 Å². The van der Waals surface area contributed by atoms with Gasteiger partial charge in [0.1, 0.15) is 11.4 Å². The van der Waals surface area contributed by atoms with Crippen molar-refractivity contribution in [2.24, 2.45) is 5.92 Å². The van der Waals surface area contributed by atoms with Gasteiger partial charge in [-0.05, 0) is 24.8 Å². The van der Waals surface area contributed by atoms with E-state index in [-0.39, 0.29) is 12.1 Å². The van der Waals surface area contributed by atoms with Gasteiger partial charge in [-0.1, -0.05) is 49.3 Å².